The number of amides is 2. The fraction of sp³-hybridized carbons (Fsp3) is 0.303. The number of piperidine rings is 1. The third-order valence-corrected chi connectivity index (χ3v) is 7.76. The first-order chi connectivity index (χ1) is 21.1. The van der Waals surface area contributed by atoms with E-state index < -0.39 is 35.9 Å². The summed E-state index contributed by atoms with van der Waals surface area (Å²) in [5, 5.41) is 8.54. The standard InChI is InChI=1S/C33H32F4N4O3/c1-20-3-2-4-23(30(20)33(35,36)37)19-40-31(42)32(43)41-24-8-10-29(26(34)18-24)44-28-13-16-39-27-17-22(7-9-25(27)28)6-5-21-11-14-38-15-12-21/h2-4,7-10,13,16-18,21,38H,5-6,11-12,14-15,19H2,1H3,(H,40,42)(H,41,43). The number of carbonyl (C=O) groups excluding carboxylic acids is 2. The molecule has 11 heteroatoms. The van der Waals surface area contributed by atoms with Crippen LogP contribution >= 0.6 is 0 Å². The van der Waals surface area contributed by atoms with Gasteiger partial charge in [-0.2, -0.15) is 13.2 Å². The predicted octanol–water partition coefficient (Wildman–Crippen LogP) is 6.68. The van der Waals surface area contributed by atoms with Crippen molar-refractivity contribution >= 4 is 28.4 Å². The number of hydrogen-bond donors (Lipinski definition) is 3. The van der Waals surface area contributed by atoms with Gasteiger partial charge < -0.3 is 20.7 Å². The fourth-order valence-electron chi connectivity index (χ4n) is 5.46. The molecule has 1 aliphatic heterocycles. The molecule has 1 saturated heterocycles. The van der Waals surface area contributed by atoms with Crippen LogP contribution in [0.15, 0.2) is 66.9 Å². The number of nitrogens with one attached hydrogen (secondary N) is 3. The van der Waals surface area contributed by atoms with Crippen molar-refractivity contribution in [2.45, 2.75) is 45.3 Å². The summed E-state index contributed by atoms with van der Waals surface area (Å²) in [4.78, 5) is 29.1. The van der Waals surface area contributed by atoms with Crippen LogP contribution in [0, 0.1) is 18.7 Å². The molecule has 7 nitrogen and oxygen atoms in total. The lowest BCUT2D eigenvalue weighted by molar-refractivity contribution is -0.139. The lowest BCUT2D eigenvalue weighted by Crippen LogP contribution is -2.35. The van der Waals surface area contributed by atoms with Crippen molar-refractivity contribution in [3.63, 3.8) is 0 Å². The molecule has 3 N–H and O–H groups in total. The number of rotatable bonds is 8. The highest BCUT2D eigenvalue weighted by atomic mass is 19.4. The minimum Gasteiger partial charge on any atom is -0.454 e. The molecule has 1 aliphatic rings. The molecule has 0 saturated carbocycles. The van der Waals surface area contributed by atoms with Crippen LogP contribution in [-0.2, 0) is 28.7 Å². The second-order valence-corrected chi connectivity index (χ2v) is 10.9. The van der Waals surface area contributed by atoms with Gasteiger partial charge in [0.1, 0.15) is 5.75 Å². The fourth-order valence-corrected chi connectivity index (χ4v) is 5.46. The average Bonchev–Trinajstić information content (AvgIpc) is 3.00. The molecule has 1 aromatic heterocycles. The predicted molar refractivity (Wildman–Crippen MR) is 159 cm³/mol. The zero-order chi connectivity index (χ0) is 31.3. The minimum atomic E-state index is -4.62. The van der Waals surface area contributed by atoms with E-state index in [1.54, 1.807) is 12.3 Å². The number of ether oxygens (including phenoxy) is 1. The first kappa shape index (κ1) is 30.9. The van der Waals surface area contributed by atoms with Crippen molar-refractivity contribution in [1.82, 2.24) is 15.6 Å². The number of aryl methyl sites for hydroxylation is 2. The lowest BCUT2D eigenvalue weighted by Gasteiger charge is -2.22. The van der Waals surface area contributed by atoms with E-state index in [4.69, 9.17) is 4.74 Å². The Balaban J connectivity index is 1.20. The van der Waals surface area contributed by atoms with Gasteiger partial charge in [-0.1, -0.05) is 24.3 Å². The van der Waals surface area contributed by atoms with Gasteiger partial charge in [0.05, 0.1) is 11.1 Å². The molecule has 230 valence electrons. The van der Waals surface area contributed by atoms with E-state index in [0.717, 1.165) is 37.5 Å². The molecule has 44 heavy (non-hydrogen) atoms. The second-order valence-electron chi connectivity index (χ2n) is 10.9. The zero-order valence-corrected chi connectivity index (χ0v) is 24.1. The Bertz CT molecular complexity index is 1670. The number of anilines is 1. The lowest BCUT2D eigenvalue weighted by atomic mass is 9.91. The molecule has 0 unspecified atom stereocenters. The molecular formula is C33H32F4N4O3. The van der Waals surface area contributed by atoms with Crippen LogP contribution in [0.2, 0.25) is 0 Å². The number of hydrogen-bond acceptors (Lipinski definition) is 5. The summed E-state index contributed by atoms with van der Waals surface area (Å²) in [5.41, 5.74) is 0.833. The van der Waals surface area contributed by atoms with Gasteiger partial charge in [0.15, 0.2) is 11.6 Å². The Morgan fingerprint density at radius 1 is 1.00 bits per heavy atom. The molecule has 2 heterocycles. The van der Waals surface area contributed by atoms with Crippen LogP contribution in [0.4, 0.5) is 23.2 Å². The summed E-state index contributed by atoms with van der Waals surface area (Å²) in [6.45, 7) is 2.93. The van der Waals surface area contributed by atoms with E-state index in [1.165, 1.54) is 55.7 Å². The third kappa shape index (κ3) is 7.52. The van der Waals surface area contributed by atoms with E-state index in [0.29, 0.717) is 17.1 Å². The van der Waals surface area contributed by atoms with Gasteiger partial charge >= 0.3 is 18.0 Å². The van der Waals surface area contributed by atoms with Gasteiger partial charge in [-0.3, -0.25) is 14.6 Å². The van der Waals surface area contributed by atoms with Gasteiger partial charge in [-0.15, -0.1) is 0 Å². The average molecular weight is 609 g/mol. The van der Waals surface area contributed by atoms with Crippen molar-refractivity contribution in [1.29, 1.82) is 0 Å². The Kier molecular flexibility index (Phi) is 9.43. The van der Waals surface area contributed by atoms with Gasteiger partial charge in [0.25, 0.3) is 0 Å². The molecular weight excluding hydrogens is 576 g/mol. The normalized spacial score (nSPS) is 13.9. The van der Waals surface area contributed by atoms with E-state index >= 15 is 0 Å². The van der Waals surface area contributed by atoms with Crippen LogP contribution in [0.1, 0.15) is 41.5 Å². The van der Waals surface area contributed by atoms with Crippen LogP contribution < -0.4 is 20.7 Å². The maximum absolute atomic E-state index is 15.0. The molecule has 4 aromatic rings. The molecule has 1 fully saturated rings. The van der Waals surface area contributed by atoms with Crippen LogP contribution in [0.5, 0.6) is 11.5 Å². The van der Waals surface area contributed by atoms with Crippen LogP contribution in [0.3, 0.4) is 0 Å². The van der Waals surface area contributed by atoms with Crippen LogP contribution in [0.25, 0.3) is 10.9 Å². The van der Waals surface area contributed by atoms with Crippen molar-refractivity contribution in [2.24, 2.45) is 5.92 Å². The Morgan fingerprint density at radius 2 is 1.80 bits per heavy atom. The maximum Gasteiger partial charge on any atom is 0.416 e. The number of carbonyl (C=O) groups is 2. The highest BCUT2D eigenvalue weighted by molar-refractivity contribution is 6.39. The summed E-state index contributed by atoms with van der Waals surface area (Å²) < 4.78 is 61.1. The Hall–Kier alpha value is -4.51. The van der Waals surface area contributed by atoms with Crippen molar-refractivity contribution < 1.29 is 31.9 Å². The number of aromatic nitrogens is 1. The molecule has 3 aromatic carbocycles. The smallest absolute Gasteiger partial charge is 0.416 e. The van der Waals surface area contributed by atoms with E-state index in [1.807, 2.05) is 18.2 Å². The molecule has 0 spiro atoms. The monoisotopic (exact) mass is 608 g/mol. The minimum absolute atomic E-state index is 0.000939. The first-order valence-corrected chi connectivity index (χ1v) is 14.4. The summed E-state index contributed by atoms with van der Waals surface area (Å²) in [6.07, 6.45) is 1.41. The summed E-state index contributed by atoms with van der Waals surface area (Å²) >= 11 is 0. The number of alkyl halides is 3. The van der Waals surface area contributed by atoms with E-state index in [9.17, 15) is 27.2 Å². The number of halogens is 4. The van der Waals surface area contributed by atoms with Gasteiger partial charge in [0.2, 0.25) is 0 Å². The number of fused-ring (bicyclic) bond motifs is 1. The first-order valence-electron chi connectivity index (χ1n) is 14.4. The molecule has 5 rings (SSSR count). The Morgan fingerprint density at radius 3 is 2.55 bits per heavy atom. The number of benzene rings is 3. The van der Waals surface area contributed by atoms with Gasteiger partial charge in [0, 0.05) is 29.9 Å². The zero-order valence-electron chi connectivity index (χ0n) is 24.1. The Labute approximate surface area is 252 Å². The molecule has 0 aliphatic carbocycles. The molecule has 0 radical (unpaired) electrons. The largest absolute Gasteiger partial charge is 0.454 e. The van der Waals surface area contributed by atoms with Gasteiger partial charge in [-0.05, 0) is 98.6 Å². The molecule has 0 bridgehead atoms. The third-order valence-electron chi connectivity index (χ3n) is 7.76. The second kappa shape index (κ2) is 13.4. The summed E-state index contributed by atoms with van der Waals surface area (Å²) in [5.74, 6) is -2.10. The topological polar surface area (TPSA) is 92.4 Å². The van der Waals surface area contributed by atoms with Gasteiger partial charge in [-0.25, -0.2) is 4.39 Å². The van der Waals surface area contributed by atoms with Crippen molar-refractivity contribution in [2.75, 3.05) is 18.4 Å². The highest BCUT2D eigenvalue weighted by Gasteiger charge is 2.35. The summed E-state index contributed by atoms with van der Waals surface area (Å²) in [6, 6.07) is 15.2. The van der Waals surface area contributed by atoms with Crippen molar-refractivity contribution in [3.8, 4) is 11.5 Å². The summed E-state index contributed by atoms with van der Waals surface area (Å²) in [7, 11) is 0. The van der Waals surface area contributed by atoms with Crippen molar-refractivity contribution in [3.05, 3.63) is 94.9 Å². The maximum atomic E-state index is 15.0. The number of nitrogens with zero attached hydrogens (tertiary/aromatic N) is 1. The van der Waals surface area contributed by atoms with Crippen LogP contribution in [-0.4, -0.2) is 29.9 Å². The quantitative estimate of drug-likeness (QED) is 0.153. The van der Waals surface area contributed by atoms with E-state index in [2.05, 4.69) is 20.9 Å². The highest BCUT2D eigenvalue weighted by Crippen LogP contribution is 2.35. The molecule has 0 atom stereocenters. The molecule has 2 amide bonds. The van der Waals surface area contributed by atoms with E-state index in [-0.39, 0.29) is 22.6 Å². The number of pyridine rings is 1. The SMILES string of the molecule is Cc1cccc(CNC(=O)C(=O)Nc2ccc(Oc3ccnc4cc(CCC5CCNCC5)ccc34)c(F)c2)c1C(F)(F)F.